The molecule has 13 rings (SSSR count). The first-order valence-electron chi connectivity index (χ1n) is 19.4. The molecule has 0 radical (unpaired) electrons. The molecule has 258 valence electrons. The van der Waals surface area contributed by atoms with Gasteiger partial charge in [-0.15, -0.1) is 0 Å². The number of hydrogen-bond donors (Lipinski definition) is 0. The maximum absolute atomic E-state index is 2.54. The molecule has 2 atom stereocenters. The van der Waals surface area contributed by atoms with Gasteiger partial charge in [-0.25, -0.2) is 0 Å². The summed E-state index contributed by atoms with van der Waals surface area (Å²) in [6.45, 7) is 4.82. The summed E-state index contributed by atoms with van der Waals surface area (Å²) in [5, 5.41) is 0. The summed E-state index contributed by atoms with van der Waals surface area (Å²) in [6, 6.07) is 50.2. The number of nitrogens with zero attached hydrogens (tertiary/aromatic N) is 4. The quantitative estimate of drug-likeness (QED) is 0.166. The van der Waals surface area contributed by atoms with Crippen LogP contribution >= 0.6 is 0 Å². The molecule has 4 aliphatic heterocycles. The monoisotopic (exact) mass is 704 g/mol. The average molecular weight is 705 g/mol. The highest BCUT2D eigenvalue weighted by atomic mass is 15.3. The van der Waals surface area contributed by atoms with Crippen LogP contribution in [0, 0.1) is 0 Å². The summed E-state index contributed by atoms with van der Waals surface area (Å²) in [5.41, 5.74) is 23.0. The first-order valence-corrected chi connectivity index (χ1v) is 19.4. The summed E-state index contributed by atoms with van der Waals surface area (Å²) in [7, 11) is 0. The molecule has 3 aliphatic carbocycles. The molecule has 4 heterocycles. The van der Waals surface area contributed by atoms with Crippen LogP contribution in [-0.2, 0) is 5.41 Å². The molecule has 4 heteroatoms. The number of rotatable bonds is 2. The van der Waals surface area contributed by atoms with E-state index in [4.69, 9.17) is 0 Å². The average Bonchev–Trinajstić information content (AvgIpc) is 3.83. The second-order valence-corrected chi connectivity index (χ2v) is 16.1. The molecule has 6 aromatic carbocycles. The molecule has 0 spiro atoms. The molecule has 0 amide bonds. The summed E-state index contributed by atoms with van der Waals surface area (Å²) >= 11 is 0. The van der Waals surface area contributed by atoms with Crippen molar-refractivity contribution in [2.75, 3.05) is 9.80 Å². The van der Waals surface area contributed by atoms with Crippen LogP contribution in [0.1, 0.15) is 36.1 Å². The highest BCUT2D eigenvalue weighted by Crippen LogP contribution is 2.56. The molecule has 0 aromatic heterocycles. The summed E-state index contributed by atoms with van der Waals surface area (Å²) in [4.78, 5) is 5.09. The topological polar surface area (TPSA) is 12.5 Å². The number of benzene rings is 6. The van der Waals surface area contributed by atoms with Crippen LogP contribution in [0.25, 0.3) is 22.3 Å². The zero-order valence-electron chi connectivity index (χ0n) is 30.6. The van der Waals surface area contributed by atoms with Crippen molar-refractivity contribution in [1.82, 2.24) is 9.15 Å². The molecule has 7 aliphatic rings. The van der Waals surface area contributed by atoms with Crippen molar-refractivity contribution in [3.63, 3.8) is 0 Å². The fraction of sp³-hybridized carbons (Fsp3) is 0.0980. The molecule has 0 bridgehead atoms. The molecule has 55 heavy (non-hydrogen) atoms. The van der Waals surface area contributed by atoms with Gasteiger partial charge in [0.25, 0.3) is 0 Å². The molecule has 0 fully saturated rings. The molecule has 6 aromatic rings. The molecule has 0 saturated heterocycles. The molecule has 0 N–H and O–H groups in total. The maximum Gasteiger partial charge on any atom is 0.235 e. The van der Waals surface area contributed by atoms with Gasteiger partial charge in [0, 0.05) is 65.1 Å². The van der Waals surface area contributed by atoms with E-state index in [1.165, 1.54) is 101 Å². The van der Waals surface area contributed by atoms with Gasteiger partial charge in [0.2, 0.25) is 34.2 Å². The van der Waals surface area contributed by atoms with Gasteiger partial charge < -0.3 is 9.80 Å². The first kappa shape index (κ1) is 29.6. The van der Waals surface area contributed by atoms with Crippen molar-refractivity contribution in [2.45, 2.75) is 31.3 Å². The SMILES string of the molecule is CC1(C)c2cc([N+]3=C4C=CC=C5c6ccccc6N(c6ccccc63)C54)ccc2-c2ccc([N+]3=C4C=CC=C5c6ccccc6N(c6ccccc63)C54)cc21. The van der Waals surface area contributed by atoms with Crippen molar-refractivity contribution in [1.29, 1.82) is 0 Å². The third-order valence-corrected chi connectivity index (χ3v) is 13.1. The smallest absolute Gasteiger partial charge is 0.235 e. The van der Waals surface area contributed by atoms with Crippen LogP contribution < -0.4 is 19.0 Å². The number of anilines is 4. The first-order chi connectivity index (χ1) is 27.1. The molecule has 4 nitrogen and oxygen atoms in total. The second kappa shape index (κ2) is 10.2. The molecule has 2 unspecified atom stereocenters. The van der Waals surface area contributed by atoms with Crippen molar-refractivity contribution < 1.29 is 0 Å². The molecular formula is C51H36N4+2. The van der Waals surface area contributed by atoms with Gasteiger partial charge in [-0.1, -0.05) is 98.8 Å². The Kier molecular flexibility index (Phi) is 5.52. The van der Waals surface area contributed by atoms with E-state index in [2.05, 4.69) is 203 Å². The van der Waals surface area contributed by atoms with E-state index in [9.17, 15) is 0 Å². The minimum Gasteiger partial charge on any atom is -0.318 e. The van der Waals surface area contributed by atoms with Crippen molar-refractivity contribution in [3.8, 4) is 11.1 Å². The second-order valence-electron chi connectivity index (χ2n) is 16.1. The number of para-hydroxylation sites is 6. The fourth-order valence-corrected chi connectivity index (χ4v) is 10.8. The number of hydrogen-bond acceptors (Lipinski definition) is 2. The minimum absolute atomic E-state index is 0.135. The van der Waals surface area contributed by atoms with Crippen molar-refractivity contribution >= 4 is 68.1 Å². The summed E-state index contributed by atoms with van der Waals surface area (Å²) < 4.78 is 5.04. The van der Waals surface area contributed by atoms with Gasteiger partial charge in [-0.05, 0) is 69.8 Å². The minimum atomic E-state index is -0.206. The van der Waals surface area contributed by atoms with E-state index in [1.807, 2.05) is 0 Å². The van der Waals surface area contributed by atoms with Gasteiger partial charge in [0.05, 0.1) is 11.4 Å². The Hall–Kier alpha value is -6.78. The number of allylic oxidation sites excluding steroid dienone is 4. The zero-order valence-corrected chi connectivity index (χ0v) is 30.6. The molecule has 0 saturated carbocycles. The van der Waals surface area contributed by atoms with E-state index in [1.54, 1.807) is 0 Å². The Morgan fingerprint density at radius 2 is 0.873 bits per heavy atom. The van der Waals surface area contributed by atoms with E-state index < -0.39 is 0 Å². The third kappa shape index (κ3) is 3.62. The lowest BCUT2D eigenvalue weighted by Gasteiger charge is -2.33. The molecular weight excluding hydrogens is 669 g/mol. The largest absolute Gasteiger partial charge is 0.318 e. The Morgan fingerprint density at radius 1 is 0.455 bits per heavy atom. The zero-order chi connectivity index (χ0) is 36.2. The Balaban J connectivity index is 0.960. The van der Waals surface area contributed by atoms with Gasteiger partial charge in [0.1, 0.15) is 23.5 Å². The summed E-state index contributed by atoms with van der Waals surface area (Å²) in [6.07, 6.45) is 13.7. The van der Waals surface area contributed by atoms with Crippen LogP contribution in [0.2, 0.25) is 0 Å². The third-order valence-electron chi connectivity index (χ3n) is 13.1. The maximum atomic E-state index is 2.54. The van der Waals surface area contributed by atoms with Crippen LogP contribution in [0.3, 0.4) is 0 Å². The lowest BCUT2D eigenvalue weighted by Crippen LogP contribution is -2.43. The van der Waals surface area contributed by atoms with Crippen LogP contribution in [-0.4, -0.2) is 23.5 Å². The highest BCUT2D eigenvalue weighted by Gasteiger charge is 2.50. The normalized spacial score (nSPS) is 20.5. The van der Waals surface area contributed by atoms with E-state index >= 15 is 0 Å². The van der Waals surface area contributed by atoms with Crippen molar-refractivity contribution in [2.24, 2.45) is 0 Å². The van der Waals surface area contributed by atoms with Crippen LogP contribution in [0.15, 0.2) is 170 Å². The fourth-order valence-electron chi connectivity index (χ4n) is 10.8. The summed E-state index contributed by atoms with van der Waals surface area (Å²) in [5.74, 6) is 0. The standard InChI is InChI=1S/C51H36N4/c1-51(2)39-29-31(52-43-19-7-9-21-45(43)54-41-17-5-3-13-35(41)37-15-11-23-47(52)49(37)54)25-27-33(39)34-28-26-32(30-40(34)51)53-44-20-8-10-22-46(44)55-42-18-6-4-14-36(42)38-16-12-24-48(53)50(38)55/h3-30,49-50H,1-2H3/q+2. The van der Waals surface area contributed by atoms with E-state index in [0.29, 0.717) is 0 Å². The van der Waals surface area contributed by atoms with E-state index in [-0.39, 0.29) is 17.5 Å². The van der Waals surface area contributed by atoms with Gasteiger partial charge in [-0.2, -0.15) is 9.15 Å². The van der Waals surface area contributed by atoms with E-state index in [0.717, 1.165) is 0 Å². The highest BCUT2D eigenvalue weighted by molar-refractivity contribution is 6.22. The van der Waals surface area contributed by atoms with Crippen molar-refractivity contribution in [3.05, 3.63) is 192 Å². The van der Waals surface area contributed by atoms with Gasteiger partial charge in [-0.3, -0.25) is 0 Å². The predicted molar refractivity (Wildman–Crippen MR) is 229 cm³/mol. The number of fused-ring (bicyclic) bond motifs is 13. The lowest BCUT2D eigenvalue weighted by atomic mass is 9.82. The predicted octanol–water partition coefficient (Wildman–Crippen LogP) is 11.5. The van der Waals surface area contributed by atoms with Gasteiger partial charge in [0.15, 0.2) is 0 Å². The Labute approximate surface area is 320 Å². The van der Waals surface area contributed by atoms with Gasteiger partial charge >= 0.3 is 0 Å². The Morgan fingerprint density at radius 3 is 1.35 bits per heavy atom. The van der Waals surface area contributed by atoms with Crippen LogP contribution in [0.4, 0.5) is 45.5 Å². The lowest BCUT2D eigenvalue weighted by molar-refractivity contribution is 0.659. The Bertz CT molecular complexity index is 2780. The van der Waals surface area contributed by atoms with Crippen LogP contribution in [0.5, 0.6) is 0 Å².